The number of nitrogens with one attached hydrogen (secondary N) is 1. The molecule has 0 radical (unpaired) electrons. The fourth-order valence-corrected chi connectivity index (χ4v) is 4.64. The van der Waals surface area contributed by atoms with Crippen molar-refractivity contribution in [2.24, 2.45) is 0 Å². The van der Waals surface area contributed by atoms with Crippen LogP contribution >= 0.6 is 11.3 Å². The zero-order chi connectivity index (χ0) is 20.0. The zero-order valence-corrected chi connectivity index (χ0v) is 16.5. The number of pyridine rings is 2. The molecule has 29 heavy (non-hydrogen) atoms. The third-order valence-electron chi connectivity index (χ3n) is 4.97. The van der Waals surface area contributed by atoms with Gasteiger partial charge in [0, 0.05) is 12.1 Å². The first-order valence-electron chi connectivity index (χ1n) is 9.15. The van der Waals surface area contributed by atoms with Crippen molar-refractivity contribution in [3.63, 3.8) is 0 Å². The first kappa shape index (κ1) is 17.5. The smallest absolute Gasteiger partial charge is 0.215 e. The van der Waals surface area contributed by atoms with Gasteiger partial charge >= 0.3 is 0 Å². The maximum Gasteiger partial charge on any atom is 0.215 e. The quantitative estimate of drug-likeness (QED) is 0.469. The molecule has 7 heteroatoms. The van der Waals surface area contributed by atoms with E-state index in [0.717, 1.165) is 26.4 Å². The third kappa shape index (κ3) is 2.78. The van der Waals surface area contributed by atoms with Gasteiger partial charge in [-0.15, -0.1) is 11.3 Å². The second-order valence-electron chi connectivity index (χ2n) is 6.69. The summed E-state index contributed by atoms with van der Waals surface area (Å²) in [4.78, 5) is 18.3. The molecule has 0 unspecified atom stereocenters. The average molecular weight is 402 g/mol. The number of anilines is 2. The second kappa shape index (κ2) is 6.79. The molecule has 3 N–H and O–H groups in total. The van der Waals surface area contributed by atoms with Gasteiger partial charge in [-0.3, -0.25) is 9.20 Å². The lowest BCUT2D eigenvalue weighted by atomic mass is 10.2. The Labute approximate surface area is 170 Å². The van der Waals surface area contributed by atoms with Crippen molar-refractivity contribution < 1.29 is 4.74 Å². The molecule has 6 nitrogen and oxygen atoms in total. The van der Waals surface area contributed by atoms with Gasteiger partial charge in [-0.1, -0.05) is 30.3 Å². The molecule has 0 fully saturated rings. The van der Waals surface area contributed by atoms with Gasteiger partial charge in [-0.25, -0.2) is 4.98 Å². The average Bonchev–Trinajstić information content (AvgIpc) is 3.16. The minimum atomic E-state index is -0.185. The van der Waals surface area contributed by atoms with Gasteiger partial charge in [0.2, 0.25) is 5.43 Å². The number of rotatable bonds is 4. The van der Waals surface area contributed by atoms with E-state index in [0.29, 0.717) is 23.4 Å². The number of benzene rings is 2. The number of nitrogens with two attached hydrogens (primary N) is 1. The Bertz CT molecular complexity index is 1440. The van der Waals surface area contributed by atoms with Crippen molar-refractivity contribution in [2.75, 3.05) is 18.2 Å². The summed E-state index contributed by atoms with van der Waals surface area (Å²) in [7, 11) is 1.66. The Hall–Kier alpha value is -3.58. The number of nitrogen functional groups attached to an aromatic ring is 1. The molecule has 5 rings (SSSR count). The molecule has 0 aliphatic carbocycles. The van der Waals surface area contributed by atoms with Crippen LogP contribution in [0.25, 0.3) is 26.1 Å². The Kier molecular flexibility index (Phi) is 4.10. The highest BCUT2D eigenvalue weighted by Gasteiger charge is 2.16. The molecule has 3 aromatic heterocycles. The maximum absolute atomic E-state index is 12.8. The molecule has 0 amide bonds. The van der Waals surface area contributed by atoms with Crippen molar-refractivity contribution in [1.29, 1.82) is 0 Å². The standard InChI is InChI=1S/C22H18N4O2S/c1-28-16-8-4-2-6-13(16)12-24-18-11-10-14-20(27)19(23)22-26(21(14)25-18)15-7-3-5-9-17(15)29-22/h2-11H,12,23H2,1H3,(H,24,25). The predicted octanol–water partition coefficient (Wildman–Crippen LogP) is 4.27. The van der Waals surface area contributed by atoms with E-state index in [9.17, 15) is 4.79 Å². The first-order chi connectivity index (χ1) is 14.2. The van der Waals surface area contributed by atoms with Crippen molar-refractivity contribution in [2.45, 2.75) is 6.54 Å². The molecule has 144 valence electrons. The monoisotopic (exact) mass is 402 g/mol. The van der Waals surface area contributed by atoms with E-state index in [1.807, 2.05) is 52.9 Å². The summed E-state index contributed by atoms with van der Waals surface area (Å²) in [5.41, 5.74) is 8.86. The van der Waals surface area contributed by atoms with E-state index in [2.05, 4.69) is 5.32 Å². The lowest BCUT2D eigenvalue weighted by Gasteiger charge is -2.11. The number of hydrogen-bond acceptors (Lipinski definition) is 6. The molecule has 0 bridgehead atoms. The zero-order valence-electron chi connectivity index (χ0n) is 15.7. The predicted molar refractivity (Wildman–Crippen MR) is 119 cm³/mol. The minimum Gasteiger partial charge on any atom is -0.496 e. The van der Waals surface area contributed by atoms with E-state index in [4.69, 9.17) is 15.5 Å². The summed E-state index contributed by atoms with van der Waals surface area (Å²) in [6.07, 6.45) is 0. The van der Waals surface area contributed by atoms with Gasteiger partial charge in [0.1, 0.15) is 22.1 Å². The molecule has 0 atom stereocenters. The van der Waals surface area contributed by atoms with Gasteiger partial charge in [-0.2, -0.15) is 0 Å². The van der Waals surface area contributed by atoms with Crippen LogP contribution in [0.15, 0.2) is 65.5 Å². The van der Waals surface area contributed by atoms with Crippen LogP contribution in [0.1, 0.15) is 5.56 Å². The number of ether oxygens (including phenoxy) is 1. The third-order valence-corrected chi connectivity index (χ3v) is 6.14. The van der Waals surface area contributed by atoms with Crippen molar-refractivity contribution in [3.8, 4) is 5.75 Å². The van der Waals surface area contributed by atoms with Crippen LogP contribution < -0.4 is 21.2 Å². The summed E-state index contributed by atoms with van der Waals surface area (Å²) in [6.45, 7) is 0.555. The summed E-state index contributed by atoms with van der Waals surface area (Å²) in [6, 6.07) is 19.4. The topological polar surface area (TPSA) is 81.6 Å². The number of fused-ring (bicyclic) bond motifs is 5. The molecule has 0 saturated heterocycles. The molecule has 0 spiro atoms. The molecule has 0 aliphatic rings. The number of methoxy groups -OCH3 is 1. The lowest BCUT2D eigenvalue weighted by molar-refractivity contribution is 0.410. The number of hydrogen-bond donors (Lipinski definition) is 2. The number of nitrogens with zero attached hydrogens (tertiary/aromatic N) is 2. The summed E-state index contributed by atoms with van der Waals surface area (Å²) in [5, 5.41) is 3.84. The van der Waals surface area contributed by atoms with Crippen LogP contribution in [0.2, 0.25) is 0 Å². The van der Waals surface area contributed by atoms with Gasteiger partial charge in [0.15, 0.2) is 5.65 Å². The molecule has 3 heterocycles. The largest absolute Gasteiger partial charge is 0.496 e. The van der Waals surface area contributed by atoms with E-state index >= 15 is 0 Å². The van der Waals surface area contributed by atoms with E-state index in [-0.39, 0.29) is 11.1 Å². The fourth-order valence-electron chi connectivity index (χ4n) is 3.54. The first-order valence-corrected chi connectivity index (χ1v) is 9.97. The molecular formula is C22H18N4O2S. The Balaban J connectivity index is 1.67. The SMILES string of the molecule is COc1ccccc1CNc1ccc2c(=O)c(N)c3sc4ccccc4n3c2n1. The highest BCUT2D eigenvalue weighted by atomic mass is 32.1. The number of aromatic nitrogens is 2. The van der Waals surface area contributed by atoms with Crippen molar-refractivity contribution in [1.82, 2.24) is 9.38 Å². The molecular weight excluding hydrogens is 384 g/mol. The molecule has 5 aromatic rings. The van der Waals surface area contributed by atoms with Gasteiger partial charge < -0.3 is 15.8 Å². The molecule has 0 aliphatic heterocycles. The van der Waals surface area contributed by atoms with E-state index in [1.54, 1.807) is 19.2 Å². The summed E-state index contributed by atoms with van der Waals surface area (Å²) in [5.74, 6) is 1.49. The molecule has 0 saturated carbocycles. The van der Waals surface area contributed by atoms with E-state index in [1.165, 1.54) is 11.3 Å². The Morgan fingerprint density at radius 1 is 1.10 bits per heavy atom. The number of para-hydroxylation sites is 2. The van der Waals surface area contributed by atoms with Crippen LogP contribution in [0, 0.1) is 0 Å². The Morgan fingerprint density at radius 2 is 1.90 bits per heavy atom. The van der Waals surface area contributed by atoms with Gasteiger partial charge in [0.25, 0.3) is 0 Å². The highest BCUT2D eigenvalue weighted by molar-refractivity contribution is 7.24. The van der Waals surface area contributed by atoms with Crippen LogP contribution in [0.4, 0.5) is 11.5 Å². The lowest BCUT2D eigenvalue weighted by Crippen LogP contribution is -2.13. The summed E-state index contributed by atoms with van der Waals surface area (Å²) >= 11 is 1.50. The minimum absolute atomic E-state index is 0.185. The van der Waals surface area contributed by atoms with Gasteiger partial charge in [0.05, 0.1) is 22.7 Å². The van der Waals surface area contributed by atoms with Crippen LogP contribution in [0.5, 0.6) is 5.75 Å². The summed E-state index contributed by atoms with van der Waals surface area (Å²) < 4.78 is 8.44. The van der Waals surface area contributed by atoms with Crippen molar-refractivity contribution >= 4 is 48.9 Å². The van der Waals surface area contributed by atoms with Crippen LogP contribution in [0.3, 0.4) is 0 Å². The van der Waals surface area contributed by atoms with Crippen LogP contribution in [-0.4, -0.2) is 16.5 Å². The van der Waals surface area contributed by atoms with Crippen LogP contribution in [-0.2, 0) is 6.54 Å². The van der Waals surface area contributed by atoms with Crippen molar-refractivity contribution in [3.05, 3.63) is 76.5 Å². The number of thiazole rings is 1. The highest BCUT2D eigenvalue weighted by Crippen LogP contribution is 2.31. The Morgan fingerprint density at radius 3 is 2.76 bits per heavy atom. The fraction of sp³-hybridized carbons (Fsp3) is 0.0909. The second-order valence-corrected chi connectivity index (χ2v) is 7.72. The molecule has 2 aromatic carbocycles. The maximum atomic E-state index is 12.8. The van der Waals surface area contributed by atoms with E-state index < -0.39 is 0 Å². The van der Waals surface area contributed by atoms with Gasteiger partial charge in [-0.05, 0) is 30.3 Å². The normalized spacial score (nSPS) is 11.3.